The number of nitrogens with zero attached hydrogens (tertiary/aromatic N) is 2. The molecule has 0 aliphatic carbocycles. The van der Waals surface area contributed by atoms with Crippen molar-refractivity contribution in [2.45, 2.75) is 0 Å². The maximum absolute atomic E-state index is 6.30. The quantitative estimate of drug-likeness (QED) is 0.283. The van der Waals surface area contributed by atoms with E-state index in [9.17, 15) is 0 Å². The molecule has 0 fully saturated rings. The van der Waals surface area contributed by atoms with Gasteiger partial charge in [-0.15, -0.1) is 0 Å². The summed E-state index contributed by atoms with van der Waals surface area (Å²) < 4.78 is 6.30. The van der Waals surface area contributed by atoms with Crippen molar-refractivity contribution < 1.29 is 4.42 Å². The summed E-state index contributed by atoms with van der Waals surface area (Å²) in [6, 6.07) is 37.3. The molecule has 0 atom stereocenters. The lowest BCUT2D eigenvalue weighted by Gasteiger charge is -2.10. The fraction of sp³-hybridized carbons (Fsp3) is 0. The zero-order valence-corrected chi connectivity index (χ0v) is 17.7. The average Bonchev–Trinajstić information content (AvgIpc) is 3.27. The second-order valence-corrected chi connectivity index (χ2v) is 8.26. The number of rotatable bonds is 2. The van der Waals surface area contributed by atoms with Gasteiger partial charge in [-0.1, -0.05) is 84.9 Å². The van der Waals surface area contributed by atoms with Gasteiger partial charge in [-0.3, -0.25) is 0 Å². The molecule has 7 aromatic rings. The molecule has 0 N–H and O–H groups in total. The number of aromatic nitrogens is 2. The molecule has 0 aliphatic rings. The highest BCUT2D eigenvalue weighted by atomic mass is 16.3. The third-order valence-corrected chi connectivity index (χ3v) is 6.27. The van der Waals surface area contributed by atoms with Gasteiger partial charge < -0.3 is 4.42 Å². The molecule has 0 aliphatic heterocycles. The first-order valence-corrected chi connectivity index (χ1v) is 11.0. The van der Waals surface area contributed by atoms with Crippen molar-refractivity contribution in [2.24, 2.45) is 0 Å². The van der Waals surface area contributed by atoms with E-state index in [1.54, 1.807) is 0 Å². The standard InChI is InChI=1S/C30H18N2O/c1-2-8-20(9-3-1)30-31-26-12-6-4-11-24(26)28(32-30)21-15-14-19-16-17-23-22-10-5-7-13-27(22)33-29(23)25(19)18-21/h1-18H. The predicted octanol–water partition coefficient (Wildman–Crippen LogP) is 8.02. The summed E-state index contributed by atoms with van der Waals surface area (Å²) in [5.41, 5.74) is 5.73. The van der Waals surface area contributed by atoms with Crippen LogP contribution in [0.5, 0.6) is 0 Å². The first-order chi connectivity index (χ1) is 16.3. The number of benzene rings is 5. The van der Waals surface area contributed by atoms with Gasteiger partial charge >= 0.3 is 0 Å². The minimum absolute atomic E-state index is 0.728. The van der Waals surface area contributed by atoms with Crippen LogP contribution in [0.4, 0.5) is 0 Å². The van der Waals surface area contributed by atoms with Crippen LogP contribution in [0.25, 0.3) is 66.3 Å². The number of hydrogen-bond acceptors (Lipinski definition) is 3. The highest BCUT2D eigenvalue weighted by Gasteiger charge is 2.14. The molecule has 3 heteroatoms. The molecular formula is C30H18N2O. The van der Waals surface area contributed by atoms with Crippen LogP contribution in [0.2, 0.25) is 0 Å². The van der Waals surface area contributed by atoms with E-state index in [0.717, 1.165) is 66.3 Å². The molecule has 0 amide bonds. The van der Waals surface area contributed by atoms with Crippen molar-refractivity contribution in [2.75, 3.05) is 0 Å². The van der Waals surface area contributed by atoms with E-state index in [0.29, 0.717) is 0 Å². The normalized spacial score (nSPS) is 11.6. The van der Waals surface area contributed by atoms with Crippen LogP contribution in [-0.4, -0.2) is 9.97 Å². The molecule has 0 spiro atoms. The highest BCUT2D eigenvalue weighted by Crippen LogP contribution is 2.37. The van der Waals surface area contributed by atoms with E-state index in [4.69, 9.17) is 14.4 Å². The molecule has 33 heavy (non-hydrogen) atoms. The van der Waals surface area contributed by atoms with Crippen molar-refractivity contribution in [1.82, 2.24) is 9.97 Å². The summed E-state index contributed by atoms with van der Waals surface area (Å²) in [4.78, 5) is 9.87. The van der Waals surface area contributed by atoms with Crippen LogP contribution >= 0.6 is 0 Å². The summed E-state index contributed by atoms with van der Waals surface area (Å²) in [6.45, 7) is 0. The zero-order valence-electron chi connectivity index (χ0n) is 17.7. The monoisotopic (exact) mass is 422 g/mol. The van der Waals surface area contributed by atoms with Gasteiger partial charge in [-0.2, -0.15) is 0 Å². The van der Waals surface area contributed by atoms with Crippen LogP contribution in [0.15, 0.2) is 114 Å². The Bertz CT molecular complexity index is 1820. The van der Waals surface area contributed by atoms with Crippen molar-refractivity contribution in [3.8, 4) is 22.6 Å². The second kappa shape index (κ2) is 7.01. The molecular weight excluding hydrogens is 404 g/mol. The predicted molar refractivity (Wildman–Crippen MR) is 135 cm³/mol. The molecule has 3 nitrogen and oxygen atoms in total. The molecule has 0 radical (unpaired) electrons. The van der Waals surface area contributed by atoms with Gasteiger partial charge in [-0.25, -0.2) is 9.97 Å². The van der Waals surface area contributed by atoms with Crippen molar-refractivity contribution in [1.29, 1.82) is 0 Å². The fourth-order valence-electron chi connectivity index (χ4n) is 4.66. The van der Waals surface area contributed by atoms with Gasteiger partial charge in [0.2, 0.25) is 0 Å². The van der Waals surface area contributed by atoms with Gasteiger partial charge in [0.15, 0.2) is 5.82 Å². The minimum atomic E-state index is 0.728. The Morgan fingerprint density at radius 2 is 1.27 bits per heavy atom. The Labute approximate surface area is 190 Å². The molecule has 0 saturated carbocycles. The van der Waals surface area contributed by atoms with Crippen molar-refractivity contribution in [3.63, 3.8) is 0 Å². The molecule has 2 heterocycles. The van der Waals surface area contributed by atoms with Crippen LogP contribution in [0, 0.1) is 0 Å². The Hall–Kier alpha value is -4.50. The molecule has 0 bridgehead atoms. The SMILES string of the molecule is c1ccc(-c2nc(-c3ccc4ccc5c6ccccc6oc5c4c3)c3ccccc3n2)cc1. The first kappa shape index (κ1) is 18.1. The van der Waals surface area contributed by atoms with Gasteiger partial charge in [-0.05, 0) is 29.7 Å². The second-order valence-electron chi connectivity index (χ2n) is 8.26. The maximum atomic E-state index is 6.30. The number of para-hydroxylation sites is 2. The van der Waals surface area contributed by atoms with Gasteiger partial charge in [0.05, 0.1) is 11.2 Å². The van der Waals surface area contributed by atoms with Crippen LogP contribution < -0.4 is 0 Å². The van der Waals surface area contributed by atoms with Crippen molar-refractivity contribution in [3.05, 3.63) is 109 Å². The maximum Gasteiger partial charge on any atom is 0.160 e. The van der Waals surface area contributed by atoms with E-state index in [2.05, 4.69) is 48.5 Å². The average molecular weight is 422 g/mol. The zero-order chi connectivity index (χ0) is 21.8. The summed E-state index contributed by atoms with van der Waals surface area (Å²) in [5.74, 6) is 0.728. The lowest BCUT2D eigenvalue weighted by Crippen LogP contribution is -1.95. The van der Waals surface area contributed by atoms with Crippen LogP contribution in [0.1, 0.15) is 0 Å². The fourth-order valence-corrected chi connectivity index (χ4v) is 4.66. The van der Waals surface area contributed by atoms with E-state index >= 15 is 0 Å². The Morgan fingerprint density at radius 3 is 2.18 bits per heavy atom. The number of furan rings is 1. The highest BCUT2D eigenvalue weighted by molar-refractivity contribution is 6.15. The van der Waals surface area contributed by atoms with Crippen LogP contribution in [0.3, 0.4) is 0 Å². The third-order valence-electron chi connectivity index (χ3n) is 6.27. The smallest absolute Gasteiger partial charge is 0.160 e. The lowest BCUT2D eigenvalue weighted by molar-refractivity contribution is 0.672. The lowest BCUT2D eigenvalue weighted by atomic mass is 10.00. The Kier molecular flexibility index (Phi) is 3.84. The third kappa shape index (κ3) is 2.83. The molecule has 0 unspecified atom stereocenters. The van der Waals surface area contributed by atoms with Gasteiger partial charge in [0.1, 0.15) is 11.2 Å². The summed E-state index contributed by atoms with van der Waals surface area (Å²) in [7, 11) is 0. The number of fused-ring (bicyclic) bond motifs is 6. The summed E-state index contributed by atoms with van der Waals surface area (Å²) in [5, 5.41) is 5.54. The molecule has 154 valence electrons. The molecule has 2 aromatic heterocycles. The van der Waals surface area contributed by atoms with E-state index in [-0.39, 0.29) is 0 Å². The molecule has 5 aromatic carbocycles. The van der Waals surface area contributed by atoms with E-state index in [1.165, 1.54) is 0 Å². The largest absolute Gasteiger partial charge is 0.455 e. The topological polar surface area (TPSA) is 38.9 Å². The molecule has 0 saturated heterocycles. The first-order valence-electron chi connectivity index (χ1n) is 11.0. The van der Waals surface area contributed by atoms with Gasteiger partial charge in [0, 0.05) is 32.7 Å². The number of hydrogen-bond donors (Lipinski definition) is 0. The minimum Gasteiger partial charge on any atom is -0.455 e. The Balaban J connectivity index is 1.53. The summed E-state index contributed by atoms with van der Waals surface area (Å²) >= 11 is 0. The van der Waals surface area contributed by atoms with E-state index in [1.807, 2.05) is 60.7 Å². The van der Waals surface area contributed by atoms with Gasteiger partial charge in [0.25, 0.3) is 0 Å². The van der Waals surface area contributed by atoms with E-state index < -0.39 is 0 Å². The van der Waals surface area contributed by atoms with Crippen LogP contribution in [-0.2, 0) is 0 Å². The Morgan fingerprint density at radius 1 is 0.515 bits per heavy atom. The summed E-state index contributed by atoms with van der Waals surface area (Å²) in [6.07, 6.45) is 0. The molecule has 7 rings (SSSR count). The van der Waals surface area contributed by atoms with Crippen molar-refractivity contribution >= 4 is 43.6 Å².